The molecule has 0 saturated carbocycles. The molecule has 37 heavy (non-hydrogen) atoms. The van der Waals surface area contributed by atoms with Gasteiger partial charge in [-0.15, -0.1) is 11.3 Å². The third-order valence-electron chi connectivity index (χ3n) is 5.13. The lowest BCUT2D eigenvalue weighted by atomic mass is 10.1. The molecule has 1 aromatic carbocycles. The molecular weight excluding hydrogens is 549 g/mol. The van der Waals surface area contributed by atoms with Crippen LogP contribution in [0.15, 0.2) is 65.0 Å². The fraction of sp³-hybridized carbons (Fsp3) is 0.250. The number of pyridine rings is 1. The summed E-state index contributed by atoms with van der Waals surface area (Å²) in [6, 6.07) is 11.0. The fourth-order valence-corrected chi connectivity index (χ4v) is 5.94. The van der Waals surface area contributed by atoms with Crippen molar-refractivity contribution < 1.29 is 26.4 Å². The standard InChI is InChI=1S/C24H24ClF3N4O3S2/c1-15(29-10-11-37(34,35)22-9-8-20(25)36-22)23(33)30-14-16-12-19(31-21(13-16)32(2)3)17-4-6-18(7-5-17)24(26,27)28/h4-9,12-13,29H,1,10-11,14H2,2-3H3,(H,30,33). The van der Waals surface area contributed by atoms with Crippen molar-refractivity contribution in [3.8, 4) is 11.3 Å². The predicted octanol–water partition coefficient (Wildman–Crippen LogP) is 4.74. The second-order valence-electron chi connectivity index (χ2n) is 8.15. The molecule has 198 valence electrons. The monoisotopic (exact) mass is 572 g/mol. The highest BCUT2D eigenvalue weighted by Gasteiger charge is 2.30. The van der Waals surface area contributed by atoms with E-state index in [9.17, 15) is 26.4 Å². The first-order chi connectivity index (χ1) is 17.3. The van der Waals surface area contributed by atoms with Gasteiger partial charge in [-0.1, -0.05) is 30.3 Å². The molecule has 0 atom stereocenters. The molecule has 0 aliphatic heterocycles. The molecule has 1 amide bonds. The summed E-state index contributed by atoms with van der Waals surface area (Å²) in [5.74, 6) is -0.225. The molecule has 3 aromatic rings. The number of hydrogen-bond donors (Lipinski definition) is 2. The van der Waals surface area contributed by atoms with Gasteiger partial charge in [0.15, 0.2) is 9.84 Å². The number of alkyl halides is 3. The Hall–Kier alpha value is -3.09. The Morgan fingerprint density at radius 3 is 2.35 bits per heavy atom. The Kier molecular flexibility index (Phi) is 8.88. The third-order valence-corrected chi connectivity index (χ3v) is 8.66. The number of halogens is 4. The number of carbonyl (C=O) groups excluding carboxylic acids is 1. The van der Waals surface area contributed by atoms with Gasteiger partial charge in [-0.05, 0) is 42.0 Å². The van der Waals surface area contributed by atoms with E-state index in [4.69, 9.17) is 11.6 Å². The first-order valence-corrected chi connectivity index (χ1v) is 13.7. The van der Waals surface area contributed by atoms with E-state index >= 15 is 0 Å². The third kappa shape index (κ3) is 7.70. The number of aromatic nitrogens is 1. The van der Waals surface area contributed by atoms with Gasteiger partial charge in [0.1, 0.15) is 10.0 Å². The van der Waals surface area contributed by atoms with Gasteiger partial charge >= 0.3 is 6.18 Å². The lowest BCUT2D eigenvalue weighted by Crippen LogP contribution is -2.33. The van der Waals surface area contributed by atoms with Crippen LogP contribution in [0, 0.1) is 0 Å². The highest BCUT2D eigenvalue weighted by atomic mass is 35.5. The number of rotatable bonds is 10. The highest BCUT2D eigenvalue weighted by Crippen LogP contribution is 2.31. The number of carbonyl (C=O) groups is 1. The van der Waals surface area contributed by atoms with Crippen LogP contribution in [0.4, 0.5) is 19.0 Å². The Bertz CT molecular complexity index is 1390. The number of hydrogen-bond acceptors (Lipinski definition) is 7. The smallest absolute Gasteiger partial charge is 0.380 e. The summed E-state index contributed by atoms with van der Waals surface area (Å²) in [6.45, 7) is 3.71. The van der Waals surface area contributed by atoms with Crippen molar-refractivity contribution in [3.05, 3.63) is 76.3 Å². The van der Waals surface area contributed by atoms with Crippen LogP contribution >= 0.6 is 22.9 Å². The molecular formula is C24H24ClF3N4O3S2. The van der Waals surface area contributed by atoms with Crippen molar-refractivity contribution >= 4 is 44.5 Å². The fourth-order valence-electron chi connectivity index (χ4n) is 3.15. The zero-order valence-electron chi connectivity index (χ0n) is 19.9. The Morgan fingerprint density at radius 2 is 1.78 bits per heavy atom. The van der Waals surface area contributed by atoms with Crippen molar-refractivity contribution in [3.63, 3.8) is 0 Å². The maximum atomic E-state index is 12.9. The lowest BCUT2D eigenvalue weighted by Gasteiger charge is -2.16. The van der Waals surface area contributed by atoms with E-state index in [1.807, 2.05) is 0 Å². The topological polar surface area (TPSA) is 91.4 Å². The molecule has 2 N–H and O–H groups in total. The van der Waals surface area contributed by atoms with Gasteiger partial charge in [-0.2, -0.15) is 13.2 Å². The number of anilines is 1. The van der Waals surface area contributed by atoms with Crippen molar-refractivity contribution in [1.82, 2.24) is 15.6 Å². The second-order valence-corrected chi connectivity index (χ2v) is 12.2. The number of nitrogens with one attached hydrogen (secondary N) is 2. The molecule has 0 unspecified atom stereocenters. The number of sulfone groups is 1. The van der Waals surface area contributed by atoms with E-state index in [0.717, 1.165) is 23.5 Å². The van der Waals surface area contributed by atoms with Crippen molar-refractivity contribution in [2.45, 2.75) is 16.9 Å². The van der Waals surface area contributed by atoms with Crippen LogP contribution in [-0.2, 0) is 27.4 Å². The van der Waals surface area contributed by atoms with E-state index in [1.54, 1.807) is 31.1 Å². The lowest BCUT2D eigenvalue weighted by molar-refractivity contribution is -0.137. The highest BCUT2D eigenvalue weighted by molar-refractivity contribution is 7.93. The van der Waals surface area contributed by atoms with E-state index in [-0.39, 0.29) is 28.7 Å². The molecule has 3 rings (SSSR count). The van der Waals surface area contributed by atoms with Crippen LogP contribution in [0.3, 0.4) is 0 Å². The zero-order valence-corrected chi connectivity index (χ0v) is 22.3. The SMILES string of the molecule is C=C(NCCS(=O)(=O)c1ccc(Cl)s1)C(=O)NCc1cc(-c2ccc(C(F)(F)F)cc2)nc(N(C)C)c1. The Labute approximate surface area is 221 Å². The summed E-state index contributed by atoms with van der Waals surface area (Å²) in [5.41, 5.74) is 0.824. The van der Waals surface area contributed by atoms with Crippen LogP contribution in [0.2, 0.25) is 4.34 Å². The molecule has 2 aromatic heterocycles. The van der Waals surface area contributed by atoms with E-state index in [0.29, 0.717) is 27.0 Å². The van der Waals surface area contributed by atoms with Crippen molar-refractivity contribution in [2.75, 3.05) is 31.3 Å². The molecule has 13 heteroatoms. The molecule has 0 radical (unpaired) electrons. The van der Waals surface area contributed by atoms with E-state index < -0.39 is 27.5 Å². The van der Waals surface area contributed by atoms with Crippen LogP contribution in [0.1, 0.15) is 11.1 Å². The Balaban J connectivity index is 1.63. The number of nitrogens with zero attached hydrogens (tertiary/aromatic N) is 2. The summed E-state index contributed by atoms with van der Waals surface area (Å²) in [7, 11) is -0.00829. The maximum Gasteiger partial charge on any atom is 0.416 e. The quantitative estimate of drug-likeness (QED) is 0.341. The molecule has 0 fully saturated rings. The summed E-state index contributed by atoms with van der Waals surface area (Å²) < 4.78 is 63.9. The van der Waals surface area contributed by atoms with Crippen LogP contribution in [-0.4, -0.2) is 45.7 Å². The first-order valence-electron chi connectivity index (χ1n) is 10.8. The van der Waals surface area contributed by atoms with Crippen LogP contribution in [0.5, 0.6) is 0 Å². The minimum absolute atomic E-state index is 0.00994. The van der Waals surface area contributed by atoms with Crippen molar-refractivity contribution in [1.29, 1.82) is 0 Å². The maximum absolute atomic E-state index is 12.9. The normalized spacial score (nSPS) is 11.7. The largest absolute Gasteiger partial charge is 0.416 e. The molecule has 0 spiro atoms. The average Bonchev–Trinajstić information content (AvgIpc) is 3.29. The summed E-state index contributed by atoms with van der Waals surface area (Å²) in [6.07, 6.45) is -4.44. The van der Waals surface area contributed by atoms with Crippen LogP contribution < -0.4 is 15.5 Å². The predicted molar refractivity (Wildman–Crippen MR) is 139 cm³/mol. The van der Waals surface area contributed by atoms with Gasteiger partial charge in [0.05, 0.1) is 27.0 Å². The molecule has 0 bridgehead atoms. The molecule has 0 saturated heterocycles. The summed E-state index contributed by atoms with van der Waals surface area (Å²) in [4.78, 5) is 18.7. The summed E-state index contributed by atoms with van der Waals surface area (Å²) >= 11 is 6.76. The van der Waals surface area contributed by atoms with E-state index in [1.165, 1.54) is 24.3 Å². The van der Waals surface area contributed by atoms with Gasteiger partial charge < -0.3 is 15.5 Å². The molecule has 2 heterocycles. The van der Waals surface area contributed by atoms with Crippen molar-refractivity contribution in [2.24, 2.45) is 0 Å². The van der Waals surface area contributed by atoms with Gasteiger partial charge in [0.25, 0.3) is 5.91 Å². The van der Waals surface area contributed by atoms with E-state index in [2.05, 4.69) is 22.2 Å². The minimum atomic E-state index is -4.44. The molecule has 0 aliphatic rings. The summed E-state index contributed by atoms with van der Waals surface area (Å²) in [5, 5.41) is 5.40. The Morgan fingerprint density at radius 1 is 1.11 bits per heavy atom. The molecule has 0 aliphatic carbocycles. The average molecular weight is 573 g/mol. The van der Waals surface area contributed by atoms with Crippen LogP contribution in [0.25, 0.3) is 11.3 Å². The first kappa shape index (κ1) is 28.5. The number of benzene rings is 1. The van der Waals surface area contributed by atoms with Gasteiger partial charge in [-0.3, -0.25) is 4.79 Å². The number of amides is 1. The minimum Gasteiger partial charge on any atom is -0.380 e. The number of thiophene rings is 1. The zero-order chi connectivity index (χ0) is 27.4. The van der Waals surface area contributed by atoms with Gasteiger partial charge in [0, 0.05) is 32.7 Å². The van der Waals surface area contributed by atoms with Gasteiger partial charge in [-0.25, -0.2) is 13.4 Å². The molecule has 7 nitrogen and oxygen atoms in total. The second kappa shape index (κ2) is 11.5. The van der Waals surface area contributed by atoms with Gasteiger partial charge in [0.2, 0.25) is 0 Å².